The van der Waals surface area contributed by atoms with Crippen LogP contribution in [0.2, 0.25) is 0 Å². The van der Waals surface area contributed by atoms with E-state index in [2.05, 4.69) is 176 Å². The van der Waals surface area contributed by atoms with Crippen LogP contribution in [-0.2, 0) is 0 Å². The molecule has 9 aromatic rings. The monoisotopic (exact) mass is 647 g/mol. The molecule has 1 aliphatic rings. The lowest BCUT2D eigenvalue weighted by atomic mass is 9.82. The highest BCUT2D eigenvalue weighted by Crippen LogP contribution is 2.58. The summed E-state index contributed by atoms with van der Waals surface area (Å²) in [5.74, 6) is 0. The highest BCUT2D eigenvalue weighted by atomic mass is 14.5. The van der Waals surface area contributed by atoms with Crippen LogP contribution in [0.25, 0.3) is 99.4 Å². The molecule has 1 heteroatoms. The molecule has 0 amide bonds. The number of anilines is 1. The fourth-order valence-electron chi connectivity index (χ4n) is 8.28. The quantitative estimate of drug-likeness (QED) is 0.185. The average molecular weight is 648 g/mol. The predicted octanol–water partition coefficient (Wildman–Crippen LogP) is 13.6. The van der Waals surface area contributed by atoms with Crippen molar-refractivity contribution in [3.63, 3.8) is 0 Å². The second-order valence-electron chi connectivity index (χ2n) is 13.4. The SMILES string of the molecule is Nc1cccc(-c2ccc3c4c(cccc24)-c2c-3c(-c3ccc(-c4ccccc4)cc3)c3ccccc3c2-c2ccc(-c3ccccc3)cc2)c1. The molecule has 238 valence electrons. The largest absolute Gasteiger partial charge is 0.399 e. The molecule has 0 fully saturated rings. The Morgan fingerprint density at radius 2 is 0.667 bits per heavy atom. The number of nitrogen functional groups attached to an aromatic ring is 1. The topological polar surface area (TPSA) is 26.0 Å². The molecule has 10 rings (SSSR count). The molecule has 1 aliphatic carbocycles. The van der Waals surface area contributed by atoms with Crippen LogP contribution in [0.3, 0.4) is 0 Å². The molecule has 0 aliphatic heterocycles. The van der Waals surface area contributed by atoms with E-state index < -0.39 is 0 Å². The molecule has 1 nitrogen and oxygen atoms in total. The predicted molar refractivity (Wildman–Crippen MR) is 217 cm³/mol. The summed E-state index contributed by atoms with van der Waals surface area (Å²) in [5.41, 5.74) is 24.4. The van der Waals surface area contributed by atoms with Crippen LogP contribution in [0.1, 0.15) is 0 Å². The first-order valence-electron chi connectivity index (χ1n) is 17.6. The molecule has 0 radical (unpaired) electrons. The molecule has 2 N–H and O–H groups in total. The third kappa shape index (κ3) is 4.70. The van der Waals surface area contributed by atoms with E-state index in [4.69, 9.17) is 5.73 Å². The highest BCUT2D eigenvalue weighted by Gasteiger charge is 2.31. The van der Waals surface area contributed by atoms with Crippen LogP contribution < -0.4 is 5.73 Å². The van der Waals surface area contributed by atoms with Crippen molar-refractivity contribution in [2.45, 2.75) is 0 Å². The maximum Gasteiger partial charge on any atom is 0.0320 e. The lowest BCUT2D eigenvalue weighted by Crippen LogP contribution is -1.94. The maximum atomic E-state index is 6.30. The van der Waals surface area contributed by atoms with Crippen molar-refractivity contribution >= 4 is 27.2 Å². The molecule has 0 saturated heterocycles. The molecule has 0 saturated carbocycles. The molecule has 0 unspecified atom stereocenters. The van der Waals surface area contributed by atoms with Crippen LogP contribution in [0.15, 0.2) is 188 Å². The molecular weight excluding hydrogens is 615 g/mol. The Kier molecular flexibility index (Phi) is 6.72. The van der Waals surface area contributed by atoms with Gasteiger partial charge in [0.15, 0.2) is 0 Å². The summed E-state index contributed by atoms with van der Waals surface area (Å²) in [7, 11) is 0. The first-order chi connectivity index (χ1) is 25.2. The fraction of sp³-hybridized carbons (Fsp3) is 0. The minimum absolute atomic E-state index is 0.771. The molecule has 0 aromatic heterocycles. The van der Waals surface area contributed by atoms with Crippen molar-refractivity contribution in [3.05, 3.63) is 188 Å². The van der Waals surface area contributed by atoms with Gasteiger partial charge in [-0.3, -0.25) is 0 Å². The summed E-state index contributed by atoms with van der Waals surface area (Å²) in [6.45, 7) is 0. The van der Waals surface area contributed by atoms with Gasteiger partial charge in [-0.05, 0) is 112 Å². The van der Waals surface area contributed by atoms with E-state index in [-0.39, 0.29) is 0 Å². The van der Waals surface area contributed by atoms with E-state index in [9.17, 15) is 0 Å². The Balaban J connectivity index is 1.28. The van der Waals surface area contributed by atoms with E-state index in [1.54, 1.807) is 0 Å². The first-order valence-corrected chi connectivity index (χ1v) is 17.6. The van der Waals surface area contributed by atoms with Crippen LogP contribution in [0.5, 0.6) is 0 Å². The van der Waals surface area contributed by atoms with Gasteiger partial charge in [0.2, 0.25) is 0 Å². The van der Waals surface area contributed by atoms with Gasteiger partial charge in [0, 0.05) is 5.69 Å². The normalized spacial score (nSPS) is 11.6. The molecule has 0 heterocycles. The summed E-state index contributed by atoms with van der Waals surface area (Å²) >= 11 is 0. The van der Waals surface area contributed by atoms with Crippen LogP contribution in [-0.4, -0.2) is 0 Å². The number of benzene rings is 9. The highest BCUT2D eigenvalue weighted by molar-refractivity contribution is 6.28. The average Bonchev–Trinajstić information content (AvgIpc) is 3.53. The Morgan fingerprint density at radius 1 is 0.255 bits per heavy atom. The van der Waals surface area contributed by atoms with Gasteiger partial charge in [-0.2, -0.15) is 0 Å². The molecule has 51 heavy (non-hydrogen) atoms. The van der Waals surface area contributed by atoms with Crippen molar-refractivity contribution in [2.75, 3.05) is 5.73 Å². The van der Waals surface area contributed by atoms with E-state index in [1.807, 2.05) is 12.1 Å². The Labute approximate surface area is 297 Å². The van der Waals surface area contributed by atoms with Crippen LogP contribution in [0, 0.1) is 0 Å². The van der Waals surface area contributed by atoms with Gasteiger partial charge in [0.1, 0.15) is 0 Å². The lowest BCUT2D eigenvalue weighted by molar-refractivity contribution is 1.59. The molecule has 0 bridgehead atoms. The van der Waals surface area contributed by atoms with Gasteiger partial charge in [-0.1, -0.05) is 176 Å². The third-order valence-corrected chi connectivity index (χ3v) is 10.6. The standard InChI is InChI=1S/C50H33N/c51-39-16-9-15-38(31-39)40-29-30-45-48-41(40)19-10-20-44(48)49-46(36-25-21-34(22-26-36)32-11-3-1-4-12-32)42-17-7-8-18-43(42)47(50(45)49)37-27-23-35(24-28-37)33-13-5-2-6-14-33/h1-31H,51H2. The number of fused-ring (bicyclic) bond motifs is 4. The van der Waals surface area contributed by atoms with Gasteiger partial charge in [0.25, 0.3) is 0 Å². The molecule has 9 aromatic carbocycles. The minimum Gasteiger partial charge on any atom is -0.399 e. The lowest BCUT2D eigenvalue weighted by Gasteiger charge is -2.21. The number of nitrogens with two attached hydrogens (primary N) is 1. The number of rotatable bonds is 5. The van der Waals surface area contributed by atoms with Gasteiger partial charge in [0.05, 0.1) is 0 Å². The van der Waals surface area contributed by atoms with Crippen molar-refractivity contribution < 1.29 is 0 Å². The van der Waals surface area contributed by atoms with E-state index >= 15 is 0 Å². The Morgan fingerprint density at radius 3 is 1.22 bits per heavy atom. The molecule has 0 atom stereocenters. The molecule has 0 spiro atoms. The molecular formula is C50H33N. The third-order valence-electron chi connectivity index (χ3n) is 10.6. The zero-order valence-corrected chi connectivity index (χ0v) is 28.0. The van der Waals surface area contributed by atoms with E-state index in [0.717, 1.165) is 11.3 Å². The minimum atomic E-state index is 0.771. The summed E-state index contributed by atoms with van der Waals surface area (Å²) in [6.07, 6.45) is 0. The van der Waals surface area contributed by atoms with Gasteiger partial charge >= 0.3 is 0 Å². The summed E-state index contributed by atoms with van der Waals surface area (Å²) < 4.78 is 0. The Bertz CT molecular complexity index is 2620. The van der Waals surface area contributed by atoms with Gasteiger partial charge in [-0.15, -0.1) is 0 Å². The van der Waals surface area contributed by atoms with Gasteiger partial charge in [-0.25, -0.2) is 0 Å². The zero-order chi connectivity index (χ0) is 33.9. The summed E-state index contributed by atoms with van der Waals surface area (Å²) in [4.78, 5) is 0. The smallest absolute Gasteiger partial charge is 0.0320 e. The Hall–Kier alpha value is -6.70. The fourth-order valence-corrected chi connectivity index (χ4v) is 8.28. The number of hydrogen-bond acceptors (Lipinski definition) is 1. The second kappa shape index (κ2) is 11.7. The summed E-state index contributed by atoms with van der Waals surface area (Å²) in [5, 5.41) is 5.05. The maximum absolute atomic E-state index is 6.30. The van der Waals surface area contributed by atoms with E-state index in [1.165, 1.54) is 93.9 Å². The van der Waals surface area contributed by atoms with Crippen molar-refractivity contribution in [1.29, 1.82) is 0 Å². The van der Waals surface area contributed by atoms with E-state index in [0.29, 0.717) is 0 Å². The van der Waals surface area contributed by atoms with Crippen molar-refractivity contribution in [3.8, 4) is 77.9 Å². The zero-order valence-electron chi connectivity index (χ0n) is 28.0. The number of hydrogen-bond donors (Lipinski definition) is 1. The van der Waals surface area contributed by atoms with Crippen molar-refractivity contribution in [2.24, 2.45) is 0 Å². The summed E-state index contributed by atoms with van der Waals surface area (Å²) in [6, 6.07) is 68.2. The van der Waals surface area contributed by atoms with Gasteiger partial charge < -0.3 is 5.73 Å². The van der Waals surface area contributed by atoms with Crippen LogP contribution in [0.4, 0.5) is 5.69 Å². The first kappa shape index (κ1) is 29.2. The second-order valence-corrected chi connectivity index (χ2v) is 13.4. The van der Waals surface area contributed by atoms with Crippen LogP contribution >= 0.6 is 0 Å². The van der Waals surface area contributed by atoms with Crippen molar-refractivity contribution in [1.82, 2.24) is 0 Å².